The Balaban J connectivity index is 1.68. The average Bonchev–Trinajstić information content (AvgIpc) is 3.12. The van der Waals surface area contributed by atoms with Crippen molar-refractivity contribution >= 4 is 50.7 Å². The monoisotopic (exact) mass is 437 g/mol. The van der Waals surface area contributed by atoms with Crippen LogP contribution in [-0.4, -0.2) is 16.6 Å². The van der Waals surface area contributed by atoms with E-state index < -0.39 is 0 Å². The number of rotatable bonds is 4. The Labute approximate surface area is 167 Å². The van der Waals surface area contributed by atoms with E-state index in [2.05, 4.69) is 61.9 Å². The molecule has 6 heteroatoms. The number of benzene rings is 1. The second kappa shape index (κ2) is 8.02. The van der Waals surface area contributed by atoms with Gasteiger partial charge in [0, 0.05) is 22.6 Å². The molecular weight excluding hydrogens is 418 g/mol. The van der Waals surface area contributed by atoms with Crippen LogP contribution in [0.4, 0.5) is 5.82 Å². The number of thiocarbonyl (C=S) groups is 1. The molecule has 1 aliphatic carbocycles. The van der Waals surface area contributed by atoms with Gasteiger partial charge in [-0.25, -0.2) is 4.98 Å². The minimum atomic E-state index is 0.153. The molecule has 0 radical (unpaired) electrons. The van der Waals surface area contributed by atoms with Crippen molar-refractivity contribution in [2.24, 2.45) is 0 Å². The van der Waals surface area contributed by atoms with Crippen LogP contribution in [0.25, 0.3) is 0 Å². The Morgan fingerprint density at radius 1 is 1.28 bits per heavy atom. The van der Waals surface area contributed by atoms with Crippen molar-refractivity contribution < 1.29 is 0 Å². The summed E-state index contributed by atoms with van der Waals surface area (Å²) < 4.78 is 0.885. The maximum Gasteiger partial charge on any atom is 0.172 e. The molecule has 1 aromatic heterocycles. The van der Waals surface area contributed by atoms with Gasteiger partial charge in [-0.05, 0) is 59.0 Å². The van der Waals surface area contributed by atoms with Gasteiger partial charge in [0.15, 0.2) is 10.9 Å². The summed E-state index contributed by atoms with van der Waals surface area (Å²) in [5, 5.41) is 7.65. The molecule has 1 saturated carbocycles. The number of nitrogens with zero attached hydrogens (tertiary/aromatic N) is 1. The highest BCUT2D eigenvalue weighted by molar-refractivity contribution is 9.10. The van der Waals surface area contributed by atoms with E-state index in [1.54, 1.807) is 6.20 Å². The maximum absolute atomic E-state index is 6.35. The summed E-state index contributed by atoms with van der Waals surface area (Å²) in [6, 6.07) is 10.7. The van der Waals surface area contributed by atoms with Gasteiger partial charge in [-0.15, -0.1) is 0 Å². The second-order valence-electron chi connectivity index (χ2n) is 6.55. The molecule has 1 fully saturated rings. The van der Waals surface area contributed by atoms with E-state index in [9.17, 15) is 0 Å². The SMILES string of the molecule is Cc1c(Br)cnc(NC(=S)NCC2(c3ccccc3)CCCC2)c1Cl. The number of halogens is 2. The topological polar surface area (TPSA) is 37.0 Å². The first-order valence-electron chi connectivity index (χ1n) is 8.43. The Hall–Kier alpha value is -1.17. The Bertz CT molecular complexity index is 761. The zero-order valence-corrected chi connectivity index (χ0v) is 17.3. The van der Waals surface area contributed by atoms with E-state index in [4.69, 9.17) is 23.8 Å². The Morgan fingerprint density at radius 2 is 1.96 bits per heavy atom. The lowest BCUT2D eigenvalue weighted by Gasteiger charge is -2.30. The van der Waals surface area contributed by atoms with Gasteiger partial charge in [0.2, 0.25) is 0 Å². The summed E-state index contributed by atoms with van der Waals surface area (Å²) in [4.78, 5) is 4.32. The van der Waals surface area contributed by atoms with Gasteiger partial charge in [-0.1, -0.05) is 54.8 Å². The molecule has 1 heterocycles. The largest absolute Gasteiger partial charge is 0.362 e. The number of hydrogen-bond acceptors (Lipinski definition) is 2. The van der Waals surface area contributed by atoms with Gasteiger partial charge >= 0.3 is 0 Å². The average molecular weight is 439 g/mol. The summed E-state index contributed by atoms with van der Waals surface area (Å²) in [5.41, 5.74) is 2.48. The van der Waals surface area contributed by atoms with Gasteiger partial charge < -0.3 is 10.6 Å². The molecule has 0 amide bonds. The highest BCUT2D eigenvalue weighted by Gasteiger charge is 2.35. The number of anilines is 1. The lowest BCUT2D eigenvalue weighted by Crippen LogP contribution is -2.40. The molecule has 25 heavy (non-hydrogen) atoms. The minimum absolute atomic E-state index is 0.153. The third-order valence-electron chi connectivity index (χ3n) is 4.97. The van der Waals surface area contributed by atoms with Gasteiger partial charge in [-0.2, -0.15) is 0 Å². The van der Waals surface area contributed by atoms with Crippen molar-refractivity contribution in [3.05, 3.63) is 57.2 Å². The summed E-state index contributed by atoms with van der Waals surface area (Å²) in [6.07, 6.45) is 6.62. The molecule has 2 aromatic rings. The fraction of sp³-hybridized carbons (Fsp3) is 0.368. The molecule has 0 saturated heterocycles. The molecule has 3 rings (SSSR count). The zero-order chi connectivity index (χ0) is 17.9. The number of pyridine rings is 1. The summed E-state index contributed by atoms with van der Waals surface area (Å²) >= 11 is 15.3. The first-order chi connectivity index (χ1) is 12.0. The third-order valence-corrected chi connectivity index (χ3v) is 6.48. The first kappa shape index (κ1) is 18.6. The zero-order valence-electron chi connectivity index (χ0n) is 14.1. The van der Waals surface area contributed by atoms with Crippen LogP contribution in [0, 0.1) is 6.92 Å². The molecule has 0 aliphatic heterocycles. The fourth-order valence-corrected chi connectivity index (χ4v) is 4.24. The molecule has 132 valence electrons. The highest BCUT2D eigenvalue weighted by atomic mass is 79.9. The van der Waals surface area contributed by atoms with E-state index in [0.717, 1.165) is 16.6 Å². The van der Waals surface area contributed by atoms with Crippen LogP contribution in [0.5, 0.6) is 0 Å². The third kappa shape index (κ3) is 4.15. The molecule has 0 atom stereocenters. The summed E-state index contributed by atoms with van der Waals surface area (Å²) in [5.74, 6) is 0.583. The van der Waals surface area contributed by atoms with E-state index >= 15 is 0 Å². The van der Waals surface area contributed by atoms with Gasteiger partial charge in [-0.3, -0.25) is 0 Å². The van der Waals surface area contributed by atoms with Gasteiger partial charge in [0.25, 0.3) is 0 Å². The van der Waals surface area contributed by atoms with Crippen LogP contribution in [0.1, 0.15) is 36.8 Å². The normalized spacial score (nSPS) is 15.8. The molecule has 0 spiro atoms. The predicted molar refractivity (Wildman–Crippen MR) is 112 cm³/mol. The Kier molecular flexibility index (Phi) is 5.97. The Morgan fingerprint density at radius 3 is 2.64 bits per heavy atom. The van der Waals surface area contributed by atoms with Crippen LogP contribution in [0.15, 0.2) is 41.0 Å². The molecule has 0 unspecified atom stereocenters. The standard InChI is InChI=1S/C19H21BrClN3S/c1-13-15(20)11-22-17(16(13)21)24-18(25)23-12-19(9-5-6-10-19)14-7-3-2-4-8-14/h2-4,7-8,11H,5-6,9-10,12H2,1H3,(H2,22,23,24,25). The van der Waals surface area contributed by atoms with Crippen LogP contribution < -0.4 is 10.6 Å². The van der Waals surface area contributed by atoms with Crippen LogP contribution in [0.2, 0.25) is 5.02 Å². The lowest BCUT2D eigenvalue weighted by molar-refractivity contribution is 0.435. The highest BCUT2D eigenvalue weighted by Crippen LogP contribution is 2.40. The van der Waals surface area contributed by atoms with E-state index in [-0.39, 0.29) is 5.41 Å². The molecule has 3 nitrogen and oxygen atoms in total. The van der Waals surface area contributed by atoms with Gasteiger partial charge in [0.1, 0.15) is 0 Å². The quantitative estimate of drug-likeness (QED) is 0.609. The molecule has 2 N–H and O–H groups in total. The first-order valence-corrected chi connectivity index (χ1v) is 10.0. The van der Waals surface area contributed by atoms with E-state index in [1.165, 1.54) is 31.2 Å². The number of hydrogen-bond donors (Lipinski definition) is 2. The maximum atomic E-state index is 6.35. The van der Waals surface area contributed by atoms with Crippen LogP contribution in [0.3, 0.4) is 0 Å². The van der Waals surface area contributed by atoms with Crippen molar-refractivity contribution in [2.75, 3.05) is 11.9 Å². The minimum Gasteiger partial charge on any atom is -0.362 e. The van der Waals surface area contributed by atoms with Crippen molar-refractivity contribution in [1.82, 2.24) is 10.3 Å². The molecule has 1 aliphatic rings. The fourth-order valence-electron chi connectivity index (χ4n) is 3.46. The van der Waals surface area contributed by atoms with Crippen molar-refractivity contribution in [3.8, 4) is 0 Å². The van der Waals surface area contributed by atoms with Crippen LogP contribution in [-0.2, 0) is 5.41 Å². The van der Waals surface area contributed by atoms with E-state index in [0.29, 0.717) is 16.0 Å². The van der Waals surface area contributed by atoms with Crippen molar-refractivity contribution in [2.45, 2.75) is 38.0 Å². The number of aromatic nitrogens is 1. The van der Waals surface area contributed by atoms with E-state index in [1.807, 2.05) is 6.92 Å². The molecule has 0 bridgehead atoms. The summed E-state index contributed by atoms with van der Waals surface area (Å²) in [7, 11) is 0. The lowest BCUT2D eigenvalue weighted by atomic mass is 9.79. The summed E-state index contributed by atoms with van der Waals surface area (Å²) in [6.45, 7) is 2.76. The predicted octanol–water partition coefficient (Wildman–Crippen LogP) is 5.60. The second-order valence-corrected chi connectivity index (χ2v) is 8.20. The smallest absolute Gasteiger partial charge is 0.172 e. The van der Waals surface area contributed by atoms with Crippen LogP contribution >= 0.6 is 39.7 Å². The number of nitrogens with one attached hydrogen (secondary N) is 2. The van der Waals surface area contributed by atoms with Crippen molar-refractivity contribution in [1.29, 1.82) is 0 Å². The van der Waals surface area contributed by atoms with Gasteiger partial charge in [0.05, 0.1) is 5.02 Å². The van der Waals surface area contributed by atoms with Crippen molar-refractivity contribution in [3.63, 3.8) is 0 Å². The molecular formula is C19H21BrClN3S. The molecule has 1 aromatic carbocycles.